The molecule has 2 aromatic rings. The molecule has 0 aliphatic heterocycles. The van der Waals surface area contributed by atoms with Gasteiger partial charge < -0.3 is 15.4 Å². The number of thiazole rings is 1. The lowest BCUT2D eigenvalue weighted by molar-refractivity contribution is -0.389. The summed E-state index contributed by atoms with van der Waals surface area (Å²) in [7, 11) is 0. The predicted molar refractivity (Wildman–Crippen MR) is 73.7 cm³/mol. The predicted octanol–water partition coefficient (Wildman–Crippen LogP) is 2.61. The lowest BCUT2D eigenvalue weighted by Gasteiger charge is -2.11. The highest BCUT2D eigenvalue weighted by Crippen LogP contribution is 2.47. The zero-order chi connectivity index (χ0) is 12.8. The van der Waals surface area contributed by atoms with E-state index in [0.717, 1.165) is 19.4 Å². The quantitative estimate of drug-likeness (QED) is 0.675. The van der Waals surface area contributed by atoms with Gasteiger partial charge in [0.1, 0.15) is 6.20 Å². The Balaban J connectivity index is 1.88. The summed E-state index contributed by atoms with van der Waals surface area (Å²) in [6.45, 7) is 0.736. The van der Waals surface area contributed by atoms with Gasteiger partial charge in [0.25, 0.3) is 4.96 Å². The molecule has 2 heterocycles. The van der Waals surface area contributed by atoms with E-state index in [2.05, 4.69) is 16.6 Å². The van der Waals surface area contributed by atoms with Crippen molar-refractivity contribution in [3.05, 3.63) is 21.7 Å². The molecular formula is C10H12N4O2S2. The van der Waals surface area contributed by atoms with E-state index in [4.69, 9.17) is 0 Å². The molecule has 1 N–H and O–H groups in total. The highest BCUT2D eigenvalue weighted by atomic mass is 32.2. The Morgan fingerprint density at radius 1 is 1.72 bits per heavy atom. The Kier molecular flexibility index (Phi) is 2.70. The van der Waals surface area contributed by atoms with Crippen molar-refractivity contribution >= 4 is 39.7 Å². The van der Waals surface area contributed by atoms with E-state index >= 15 is 0 Å². The summed E-state index contributed by atoms with van der Waals surface area (Å²) < 4.78 is 1.77. The van der Waals surface area contributed by atoms with E-state index in [1.165, 1.54) is 15.7 Å². The van der Waals surface area contributed by atoms with Crippen LogP contribution < -0.4 is 5.32 Å². The van der Waals surface area contributed by atoms with Gasteiger partial charge in [0.05, 0.1) is 0 Å². The normalized spacial score (nSPS) is 16.9. The summed E-state index contributed by atoms with van der Waals surface area (Å²) in [5.41, 5.74) is 0. The minimum absolute atomic E-state index is 0.0307. The van der Waals surface area contributed by atoms with Crippen LogP contribution in [0.25, 0.3) is 4.96 Å². The number of fused-ring (bicyclic) bond motifs is 1. The van der Waals surface area contributed by atoms with Crippen LogP contribution in [0.5, 0.6) is 0 Å². The van der Waals surface area contributed by atoms with Gasteiger partial charge in [-0.3, -0.25) is 0 Å². The fourth-order valence-corrected chi connectivity index (χ4v) is 3.34. The van der Waals surface area contributed by atoms with Gasteiger partial charge in [0.15, 0.2) is 0 Å². The molecule has 3 rings (SSSR count). The van der Waals surface area contributed by atoms with E-state index in [-0.39, 0.29) is 15.5 Å². The van der Waals surface area contributed by atoms with Gasteiger partial charge in [-0.15, -0.1) is 0 Å². The van der Waals surface area contributed by atoms with Gasteiger partial charge in [0, 0.05) is 16.7 Å². The minimum Gasteiger partial charge on any atom is -0.362 e. The molecule has 0 spiro atoms. The van der Waals surface area contributed by atoms with E-state index in [1.807, 2.05) is 11.8 Å². The number of aromatic nitrogens is 2. The average Bonchev–Trinajstić information content (AvgIpc) is 2.83. The van der Waals surface area contributed by atoms with E-state index in [0.29, 0.717) is 10.8 Å². The lowest BCUT2D eigenvalue weighted by Crippen LogP contribution is -2.18. The molecule has 1 aliphatic carbocycles. The van der Waals surface area contributed by atoms with Crippen molar-refractivity contribution in [2.24, 2.45) is 0 Å². The van der Waals surface area contributed by atoms with Crippen LogP contribution in [0.3, 0.4) is 0 Å². The zero-order valence-electron chi connectivity index (χ0n) is 9.75. The monoisotopic (exact) mass is 284 g/mol. The SMILES string of the molecule is CSC1(CNc2nc3sccn3c2[N+](=O)[O-])CC1. The van der Waals surface area contributed by atoms with Gasteiger partial charge in [-0.25, -0.2) is 0 Å². The maximum absolute atomic E-state index is 11.1. The molecular weight excluding hydrogens is 272 g/mol. The third kappa shape index (κ3) is 1.85. The minimum atomic E-state index is -0.381. The first-order valence-corrected chi connectivity index (χ1v) is 7.65. The second-order valence-corrected chi connectivity index (χ2v) is 6.48. The van der Waals surface area contributed by atoms with Crippen LogP contribution in [-0.2, 0) is 0 Å². The van der Waals surface area contributed by atoms with Crippen molar-refractivity contribution in [1.29, 1.82) is 0 Å². The summed E-state index contributed by atoms with van der Waals surface area (Å²) in [5.74, 6) is 0.412. The molecule has 1 saturated carbocycles. The van der Waals surface area contributed by atoms with Gasteiger partial charge in [-0.1, -0.05) is 11.3 Å². The molecule has 6 nitrogen and oxygen atoms in total. The maximum Gasteiger partial charge on any atom is 0.372 e. The first-order chi connectivity index (χ1) is 8.65. The summed E-state index contributed by atoms with van der Waals surface area (Å²) >= 11 is 3.21. The van der Waals surface area contributed by atoms with Crippen LogP contribution in [0.15, 0.2) is 11.6 Å². The third-order valence-electron chi connectivity index (χ3n) is 3.23. The average molecular weight is 284 g/mol. The molecule has 18 heavy (non-hydrogen) atoms. The van der Waals surface area contributed by atoms with Crippen molar-refractivity contribution in [2.75, 3.05) is 18.1 Å². The summed E-state index contributed by atoms with van der Waals surface area (Å²) in [6.07, 6.45) is 6.08. The molecule has 1 fully saturated rings. The molecule has 2 aromatic heterocycles. The number of nitrogens with one attached hydrogen (secondary N) is 1. The van der Waals surface area contributed by atoms with Gasteiger partial charge in [0.2, 0.25) is 5.82 Å². The van der Waals surface area contributed by atoms with Crippen LogP contribution in [0.1, 0.15) is 12.8 Å². The van der Waals surface area contributed by atoms with Crippen LogP contribution in [0, 0.1) is 10.1 Å². The van der Waals surface area contributed by atoms with Gasteiger partial charge >= 0.3 is 5.82 Å². The highest BCUT2D eigenvalue weighted by Gasteiger charge is 2.42. The van der Waals surface area contributed by atoms with E-state index in [1.54, 1.807) is 11.6 Å². The number of hydrogen-bond acceptors (Lipinski definition) is 6. The van der Waals surface area contributed by atoms with Crippen LogP contribution in [0.4, 0.5) is 11.6 Å². The second-order valence-electron chi connectivity index (χ2n) is 4.34. The molecule has 0 saturated heterocycles. The molecule has 0 aromatic carbocycles. The largest absolute Gasteiger partial charge is 0.372 e. The topological polar surface area (TPSA) is 72.5 Å². The van der Waals surface area contributed by atoms with E-state index in [9.17, 15) is 10.1 Å². The number of rotatable bonds is 5. The maximum atomic E-state index is 11.1. The lowest BCUT2D eigenvalue weighted by atomic mass is 10.4. The fraction of sp³-hybridized carbons (Fsp3) is 0.500. The Bertz CT molecular complexity index is 602. The van der Waals surface area contributed by atoms with Gasteiger partial charge in [-0.05, 0) is 24.0 Å². The van der Waals surface area contributed by atoms with Crippen molar-refractivity contribution < 1.29 is 4.92 Å². The van der Waals surface area contributed by atoms with E-state index < -0.39 is 0 Å². The molecule has 0 bridgehead atoms. The molecule has 0 radical (unpaired) electrons. The van der Waals surface area contributed by atoms with Crippen LogP contribution in [-0.4, -0.2) is 31.9 Å². The molecule has 0 amide bonds. The second kappa shape index (κ2) is 4.13. The Hall–Kier alpha value is -1.28. The Morgan fingerprint density at radius 2 is 2.50 bits per heavy atom. The van der Waals surface area contributed by atoms with Gasteiger partial charge in [-0.2, -0.15) is 21.1 Å². The Morgan fingerprint density at radius 3 is 3.11 bits per heavy atom. The molecule has 8 heteroatoms. The number of nitro groups is 1. The van der Waals surface area contributed by atoms with Crippen molar-refractivity contribution in [3.8, 4) is 0 Å². The van der Waals surface area contributed by atoms with Crippen LogP contribution >= 0.6 is 23.1 Å². The molecule has 0 unspecified atom stereocenters. The summed E-state index contributed by atoms with van der Waals surface area (Å²) in [4.78, 5) is 15.7. The van der Waals surface area contributed by atoms with Crippen molar-refractivity contribution in [3.63, 3.8) is 0 Å². The highest BCUT2D eigenvalue weighted by molar-refractivity contribution is 8.00. The number of imidazole rings is 1. The number of nitrogens with zero attached hydrogens (tertiary/aromatic N) is 3. The molecule has 96 valence electrons. The van der Waals surface area contributed by atoms with Crippen molar-refractivity contribution in [2.45, 2.75) is 17.6 Å². The fourth-order valence-electron chi connectivity index (χ4n) is 1.90. The third-order valence-corrected chi connectivity index (χ3v) is 5.40. The number of thioether (sulfide) groups is 1. The summed E-state index contributed by atoms with van der Waals surface area (Å²) in [6, 6.07) is 0. The first kappa shape index (κ1) is 11.8. The standard InChI is InChI=1S/C10H12N4O2S2/c1-17-10(2-3-10)6-11-7-8(14(15)16)13-4-5-18-9(13)12-7/h4-5,11H,2-3,6H2,1H3. The number of anilines is 1. The van der Waals surface area contributed by atoms with Crippen molar-refractivity contribution in [1.82, 2.24) is 9.38 Å². The zero-order valence-corrected chi connectivity index (χ0v) is 11.4. The number of hydrogen-bond donors (Lipinski definition) is 1. The van der Waals surface area contributed by atoms with Crippen LogP contribution in [0.2, 0.25) is 0 Å². The first-order valence-electron chi connectivity index (χ1n) is 5.54. The smallest absolute Gasteiger partial charge is 0.362 e. The molecule has 0 atom stereocenters. The summed E-state index contributed by atoms with van der Waals surface area (Å²) in [5, 5.41) is 16.0. The Labute approximate surface area is 112 Å². The molecule has 1 aliphatic rings.